The maximum atomic E-state index is 12.5. The third kappa shape index (κ3) is 6.07. The lowest BCUT2D eigenvalue weighted by molar-refractivity contribution is -0.134. The molecule has 0 N–H and O–H groups in total. The van der Waals surface area contributed by atoms with Crippen LogP contribution >= 0.6 is 0 Å². The number of carbonyl (C=O) groups excluding carboxylic acids is 3. The van der Waals surface area contributed by atoms with Gasteiger partial charge in [0.15, 0.2) is 18.1 Å². The minimum Gasteiger partial charge on any atom is -0.493 e. The first-order chi connectivity index (χ1) is 14.0. The van der Waals surface area contributed by atoms with Gasteiger partial charge in [-0.05, 0) is 43.7 Å². The van der Waals surface area contributed by atoms with Gasteiger partial charge in [-0.2, -0.15) is 0 Å². The molecule has 0 saturated heterocycles. The highest BCUT2D eigenvalue weighted by molar-refractivity contribution is 5.92. The maximum Gasteiger partial charge on any atom is 0.338 e. The Bertz CT molecular complexity index is 847. The molecule has 0 aromatic heterocycles. The van der Waals surface area contributed by atoms with E-state index in [0.29, 0.717) is 43.0 Å². The Balaban J connectivity index is 1.97. The molecule has 0 atom stereocenters. The van der Waals surface area contributed by atoms with Crippen molar-refractivity contribution in [1.29, 1.82) is 0 Å². The summed E-state index contributed by atoms with van der Waals surface area (Å²) in [6, 6.07) is 11.5. The molecule has 1 amide bonds. The van der Waals surface area contributed by atoms with E-state index in [4.69, 9.17) is 14.2 Å². The summed E-state index contributed by atoms with van der Waals surface area (Å²) < 4.78 is 16.0. The second-order valence-electron chi connectivity index (χ2n) is 6.14. The molecule has 2 aromatic rings. The third-order valence-electron chi connectivity index (χ3n) is 4.24. The monoisotopic (exact) mass is 399 g/mol. The van der Waals surface area contributed by atoms with E-state index >= 15 is 0 Å². The van der Waals surface area contributed by atoms with E-state index in [1.54, 1.807) is 18.1 Å². The second-order valence-corrected chi connectivity index (χ2v) is 6.14. The van der Waals surface area contributed by atoms with Crippen LogP contribution in [0.3, 0.4) is 0 Å². The number of methoxy groups -OCH3 is 1. The number of benzene rings is 2. The summed E-state index contributed by atoms with van der Waals surface area (Å²) in [7, 11) is 1.56. The van der Waals surface area contributed by atoms with Gasteiger partial charge in [0.05, 0.1) is 19.3 Å². The third-order valence-corrected chi connectivity index (χ3v) is 4.24. The zero-order valence-electron chi connectivity index (χ0n) is 16.8. The van der Waals surface area contributed by atoms with E-state index < -0.39 is 5.97 Å². The highest BCUT2D eigenvalue weighted by atomic mass is 16.5. The normalized spacial score (nSPS) is 10.2. The number of esters is 1. The van der Waals surface area contributed by atoms with Crippen molar-refractivity contribution in [2.24, 2.45) is 0 Å². The highest BCUT2D eigenvalue weighted by Crippen LogP contribution is 2.28. The van der Waals surface area contributed by atoms with Crippen molar-refractivity contribution in [3.63, 3.8) is 0 Å². The molecular weight excluding hydrogens is 374 g/mol. The van der Waals surface area contributed by atoms with Crippen LogP contribution < -0.4 is 9.47 Å². The fourth-order valence-electron chi connectivity index (χ4n) is 2.68. The first-order valence-electron chi connectivity index (χ1n) is 9.32. The summed E-state index contributed by atoms with van der Waals surface area (Å²) >= 11 is 0. The van der Waals surface area contributed by atoms with Crippen LogP contribution in [-0.2, 0) is 16.1 Å². The number of nitrogens with zero attached hydrogens (tertiary/aromatic N) is 1. The van der Waals surface area contributed by atoms with Gasteiger partial charge < -0.3 is 19.1 Å². The van der Waals surface area contributed by atoms with E-state index in [2.05, 4.69) is 0 Å². The van der Waals surface area contributed by atoms with E-state index in [1.165, 1.54) is 24.3 Å². The summed E-state index contributed by atoms with van der Waals surface area (Å²) in [6.07, 6.45) is 0.688. The van der Waals surface area contributed by atoms with Gasteiger partial charge in [-0.1, -0.05) is 18.2 Å². The van der Waals surface area contributed by atoms with Crippen molar-refractivity contribution in [2.75, 3.05) is 26.9 Å². The van der Waals surface area contributed by atoms with Crippen LogP contribution in [-0.4, -0.2) is 49.9 Å². The lowest BCUT2D eigenvalue weighted by atomic mass is 10.1. The molecule has 0 radical (unpaired) electrons. The summed E-state index contributed by atoms with van der Waals surface area (Å²) in [5.41, 5.74) is 1.61. The van der Waals surface area contributed by atoms with E-state index in [1.807, 2.05) is 26.0 Å². The van der Waals surface area contributed by atoms with Gasteiger partial charge in [0.2, 0.25) is 0 Å². The zero-order valence-corrected chi connectivity index (χ0v) is 16.8. The zero-order chi connectivity index (χ0) is 21.2. The smallest absolute Gasteiger partial charge is 0.338 e. The topological polar surface area (TPSA) is 82.1 Å². The highest BCUT2D eigenvalue weighted by Gasteiger charge is 2.17. The van der Waals surface area contributed by atoms with Gasteiger partial charge in [0.25, 0.3) is 5.91 Å². The number of hydrogen-bond donors (Lipinski definition) is 0. The molecule has 0 heterocycles. The predicted octanol–water partition coefficient (Wildman–Crippen LogP) is 3.11. The van der Waals surface area contributed by atoms with E-state index in [0.717, 1.165) is 5.56 Å². The predicted molar refractivity (Wildman–Crippen MR) is 107 cm³/mol. The number of amides is 1. The minimum atomic E-state index is -0.616. The van der Waals surface area contributed by atoms with Crippen LogP contribution in [0.1, 0.15) is 40.1 Å². The summed E-state index contributed by atoms with van der Waals surface area (Å²) in [6.45, 7) is 4.71. The number of aldehydes is 1. The van der Waals surface area contributed by atoms with Crippen LogP contribution in [0.2, 0.25) is 0 Å². The molecule has 2 aromatic carbocycles. The first-order valence-corrected chi connectivity index (χ1v) is 9.32. The maximum absolute atomic E-state index is 12.5. The van der Waals surface area contributed by atoms with Crippen molar-refractivity contribution in [3.05, 3.63) is 59.2 Å². The quantitative estimate of drug-likeness (QED) is 0.451. The van der Waals surface area contributed by atoms with Crippen LogP contribution in [0.25, 0.3) is 0 Å². The average molecular weight is 399 g/mol. The minimum absolute atomic E-state index is 0.280. The molecule has 0 aliphatic heterocycles. The van der Waals surface area contributed by atoms with Gasteiger partial charge in [-0.15, -0.1) is 0 Å². The molecule has 0 aliphatic carbocycles. The first kappa shape index (κ1) is 21.9. The van der Waals surface area contributed by atoms with Gasteiger partial charge in [-0.3, -0.25) is 9.59 Å². The number of carbonyl (C=O) groups is 3. The van der Waals surface area contributed by atoms with Crippen LogP contribution in [0, 0.1) is 0 Å². The van der Waals surface area contributed by atoms with Crippen molar-refractivity contribution in [3.8, 4) is 11.5 Å². The second kappa shape index (κ2) is 10.8. The Morgan fingerprint density at radius 2 is 1.76 bits per heavy atom. The Hall–Kier alpha value is -3.35. The molecule has 0 aliphatic rings. The number of ether oxygens (including phenoxy) is 3. The molecule has 0 spiro atoms. The summed E-state index contributed by atoms with van der Waals surface area (Å²) in [5.74, 6) is 0.313. The van der Waals surface area contributed by atoms with Crippen molar-refractivity contribution >= 4 is 18.2 Å². The van der Waals surface area contributed by atoms with E-state index in [9.17, 15) is 14.4 Å². The van der Waals surface area contributed by atoms with Crippen molar-refractivity contribution in [1.82, 2.24) is 4.90 Å². The molecule has 2 rings (SSSR count). The molecule has 7 heteroatoms. The molecule has 154 valence electrons. The largest absolute Gasteiger partial charge is 0.493 e. The molecule has 0 fully saturated rings. The molecular formula is C22H25NO6. The molecule has 0 saturated carbocycles. The molecule has 29 heavy (non-hydrogen) atoms. The summed E-state index contributed by atoms with van der Waals surface area (Å²) in [4.78, 5) is 36.8. The molecule has 0 unspecified atom stereocenters. The Labute approximate surface area is 170 Å². The molecule has 0 bridgehead atoms. The van der Waals surface area contributed by atoms with Crippen molar-refractivity contribution < 1.29 is 28.6 Å². The van der Waals surface area contributed by atoms with Gasteiger partial charge in [0, 0.05) is 18.7 Å². The fourth-order valence-corrected chi connectivity index (χ4v) is 2.68. The lowest BCUT2D eigenvalue weighted by Crippen LogP contribution is -2.34. The average Bonchev–Trinajstić information content (AvgIpc) is 2.76. The lowest BCUT2D eigenvalue weighted by Gasteiger charge is -2.21. The van der Waals surface area contributed by atoms with Crippen LogP contribution in [0.15, 0.2) is 42.5 Å². The standard InChI is InChI=1S/C22H25NO6/c1-4-23(13-17-8-11-19(28-5-2)20(12-17)27-3)21(25)15-29-22(26)18-9-6-16(14-24)7-10-18/h6-12,14H,4-5,13,15H2,1-3H3. The van der Waals surface area contributed by atoms with Gasteiger partial charge in [-0.25, -0.2) is 4.79 Å². The van der Waals surface area contributed by atoms with Crippen LogP contribution in [0.4, 0.5) is 0 Å². The SMILES string of the molecule is CCOc1ccc(CN(CC)C(=O)COC(=O)c2ccc(C=O)cc2)cc1OC. The number of hydrogen-bond acceptors (Lipinski definition) is 6. The number of likely N-dealkylation sites (N-methyl/N-ethyl adjacent to an activating group) is 1. The fraction of sp³-hybridized carbons (Fsp3) is 0.318. The van der Waals surface area contributed by atoms with Crippen molar-refractivity contribution in [2.45, 2.75) is 20.4 Å². The Morgan fingerprint density at radius 1 is 1.03 bits per heavy atom. The summed E-state index contributed by atoms with van der Waals surface area (Å²) in [5, 5.41) is 0. The molecule has 7 nitrogen and oxygen atoms in total. The van der Waals surface area contributed by atoms with E-state index in [-0.39, 0.29) is 18.1 Å². The van der Waals surface area contributed by atoms with Gasteiger partial charge >= 0.3 is 5.97 Å². The number of rotatable bonds is 10. The Kier molecular flexibility index (Phi) is 8.21. The van der Waals surface area contributed by atoms with Gasteiger partial charge in [0.1, 0.15) is 6.29 Å². The van der Waals surface area contributed by atoms with Crippen LogP contribution in [0.5, 0.6) is 11.5 Å². The Morgan fingerprint density at radius 3 is 2.34 bits per heavy atom.